The minimum atomic E-state index is 0.898. The van der Waals surface area contributed by atoms with Gasteiger partial charge in [0.15, 0.2) is 0 Å². The maximum atomic E-state index is 2.28. The van der Waals surface area contributed by atoms with Gasteiger partial charge in [0.1, 0.15) is 0 Å². The summed E-state index contributed by atoms with van der Waals surface area (Å²) in [6, 6.07) is 13.3. The second-order valence-electron chi connectivity index (χ2n) is 4.74. The molecule has 0 aliphatic heterocycles. The van der Waals surface area contributed by atoms with Crippen LogP contribution in [0.25, 0.3) is 0 Å². The van der Waals surface area contributed by atoms with E-state index in [1.807, 2.05) is 0 Å². The van der Waals surface area contributed by atoms with Crippen LogP contribution in [0.1, 0.15) is 22.3 Å². The summed E-state index contributed by atoms with van der Waals surface area (Å²) in [5.41, 5.74) is 5.75. The number of rotatable bonds is 3. The molecule has 0 saturated carbocycles. The van der Waals surface area contributed by atoms with Gasteiger partial charge < -0.3 is 0 Å². The fourth-order valence-electron chi connectivity index (χ4n) is 1.91. The summed E-state index contributed by atoms with van der Waals surface area (Å²) in [4.78, 5) is 0. The molecule has 0 bridgehead atoms. The summed E-state index contributed by atoms with van der Waals surface area (Å²) in [5.74, 6) is 0. The van der Waals surface area contributed by atoms with Crippen LogP contribution in [0.3, 0.4) is 0 Å². The summed E-state index contributed by atoms with van der Waals surface area (Å²) in [7, 11) is 1.80. The molecule has 2 aromatic rings. The minimum absolute atomic E-state index is 0.898. The Hall–Kier alpha value is -0.700. The average molecular weight is 274 g/mol. The Morgan fingerprint density at radius 3 is 1.39 bits per heavy atom. The molecule has 0 saturated heterocycles. The molecule has 2 unspecified atom stereocenters. The van der Waals surface area contributed by atoms with Crippen molar-refractivity contribution in [1.29, 1.82) is 0 Å². The summed E-state index contributed by atoms with van der Waals surface area (Å²) in [5, 5.41) is 3.04. The van der Waals surface area contributed by atoms with Crippen LogP contribution >= 0.6 is 16.5 Å². The Labute approximate surface area is 114 Å². The molecule has 0 amide bonds. The predicted octanol–water partition coefficient (Wildman–Crippen LogP) is 4.14. The SMILES string of the molecule is Cc1cccc(PPc2cccc(C)c2C)c1C. The molecule has 2 atom stereocenters. The van der Waals surface area contributed by atoms with Crippen molar-refractivity contribution in [2.24, 2.45) is 0 Å². The van der Waals surface area contributed by atoms with Crippen LogP contribution in [0.4, 0.5) is 0 Å². The Bertz CT molecular complexity index is 508. The third kappa shape index (κ3) is 3.00. The fourth-order valence-corrected chi connectivity index (χ4v) is 5.74. The molecule has 0 aliphatic rings. The fraction of sp³-hybridized carbons (Fsp3) is 0.250. The Kier molecular flexibility index (Phi) is 4.55. The summed E-state index contributed by atoms with van der Waals surface area (Å²) in [6.45, 7) is 8.88. The van der Waals surface area contributed by atoms with E-state index < -0.39 is 0 Å². The number of benzene rings is 2. The standard InChI is InChI=1S/C16H20P2/c1-11-7-5-9-15(13(11)3)17-18-16-10-6-8-12(2)14(16)4/h5-10,17-18H,1-4H3. The molecule has 18 heavy (non-hydrogen) atoms. The first-order valence-corrected chi connectivity index (χ1v) is 9.24. The molecule has 2 rings (SSSR count). The second-order valence-corrected chi connectivity index (χ2v) is 7.82. The van der Waals surface area contributed by atoms with Gasteiger partial charge in [0.05, 0.1) is 0 Å². The second kappa shape index (κ2) is 5.96. The van der Waals surface area contributed by atoms with Crippen molar-refractivity contribution in [2.45, 2.75) is 27.7 Å². The highest BCUT2D eigenvalue weighted by molar-refractivity contribution is 8.18. The average Bonchev–Trinajstić information content (AvgIpc) is 2.36. The van der Waals surface area contributed by atoms with Gasteiger partial charge in [-0.2, -0.15) is 0 Å². The van der Waals surface area contributed by atoms with E-state index in [-0.39, 0.29) is 0 Å². The molecule has 0 fully saturated rings. The van der Waals surface area contributed by atoms with Gasteiger partial charge in [-0.05, 0) is 60.6 Å². The van der Waals surface area contributed by atoms with E-state index >= 15 is 0 Å². The number of aryl methyl sites for hydroxylation is 2. The molecule has 2 aromatic carbocycles. The normalized spacial score (nSPS) is 12.0. The highest BCUT2D eigenvalue weighted by Gasteiger charge is 2.04. The summed E-state index contributed by atoms with van der Waals surface area (Å²) >= 11 is 0. The lowest BCUT2D eigenvalue weighted by Crippen LogP contribution is -2.04. The highest BCUT2D eigenvalue weighted by Crippen LogP contribution is 2.37. The van der Waals surface area contributed by atoms with Gasteiger partial charge in [-0.1, -0.05) is 52.9 Å². The van der Waals surface area contributed by atoms with Crippen molar-refractivity contribution >= 4 is 27.1 Å². The number of hydrogen-bond acceptors (Lipinski definition) is 0. The Morgan fingerprint density at radius 1 is 0.611 bits per heavy atom. The summed E-state index contributed by atoms with van der Waals surface area (Å²) < 4.78 is 0. The predicted molar refractivity (Wildman–Crippen MR) is 87.7 cm³/mol. The van der Waals surface area contributed by atoms with Gasteiger partial charge in [-0.25, -0.2) is 0 Å². The number of hydrogen-bond donors (Lipinski definition) is 0. The van der Waals surface area contributed by atoms with Gasteiger partial charge in [0, 0.05) is 0 Å². The van der Waals surface area contributed by atoms with E-state index in [0.717, 1.165) is 16.5 Å². The molecule has 0 spiro atoms. The Morgan fingerprint density at radius 2 is 1.00 bits per heavy atom. The summed E-state index contributed by atoms with van der Waals surface area (Å²) in [6.07, 6.45) is 0. The molecule has 2 heteroatoms. The molecule has 0 nitrogen and oxygen atoms in total. The third-order valence-electron chi connectivity index (χ3n) is 3.54. The molecular weight excluding hydrogens is 254 g/mol. The van der Waals surface area contributed by atoms with Crippen LogP contribution < -0.4 is 10.6 Å². The maximum Gasteiger partial charge on any atom is -0.0195 e. The first kappa shape index (κ1) is 13.7. The van der Waals surface area contributed by atoms with E-state index in [0.29, 0.717) is 0 Å². The van der Waals surface area contributed by atoms with Crippen LogP contribution in [0.5, 0.6) is 0 Å². The molecule has 0 heterocycles. The zero-order chi connectivity index (χ0) is 13.1. The van der Waals surface area contributed by atoms with Gasteiger partial charge in [-0.3, -0.25) is 0 Å². The van der Waals surface area contributed by atoms with E-state index in [1.54, 1.807) is 0 Å². The quantitative estimate of drug-likeness (QED) is 0.738. The molecule has 0 aliphatic carbocycles. The van der Waals surface area contributed by atoms with Crippen molar-refractivity contribution in [2.75, 3.05) is 0 Å². The third-order valence-corrected chi connectivity index (χ3v) is 7.28. The lowest BCUT2D eigenvalue weighted by Gasteiger charge is -2.11. The van der Waals surface area contributed by atoms with Crippen LogP contribution in [-0.4, -0.2) is 0 Å². The maximum absolute atomic E-state index is 2.28. The van der Waals surface area contributed by atoms with E-state index in [1.165, 1.54) is 32.9 Å². The van der Waals surface area contributed by atoms with E-state index in [4.69, 9.17) is 0 Å². The first-order chi connectivity index (χ1) is 8.59. The first-order valence-electron chi connectivity index (χ1n) is 6.24. The zero-order valence-corrected chi connectivity index (χ0v) is 13.5. The van der Waals surface area contributed by atoms with Gasteiger partial charge in [-0.15, -0.1) is 0 Å². The lowest BCUT2D eigenvalue weighted by atomic mass is 10.1. The molecular formula is C16H20P2. The van der Waals surface area contributed by atoms with E-state index in [9.17, 15) is 0 Å². The largest absolute Gasteiger partial charge is 0.0631 e. The van der Waals surface area contributed by atoms with Crippen molar-refractivity contribution in [3.05, 3.63) is 58.7 Å². The van der Waals surface area contributed by atoms with Crippen LogP contribution in [0.15, 0.2) is 36.4 Å². The van der Waals surface area contributed by atoms with Crippen molar-refractivity contribution in [3.63, 3.8) is 0 Å². The molecule has 94 valence electrons. The van der Waals surface area contributed by atoms with Gasteiger partial charge >= 0.3 is 0 Å². The van der Waals surface area contributed by atoms with Crippen molar-refractivity contribution in [3.8, 4) is 0 Å². The molecule has 0 N–H and O–H groups in total. The smallest absolute Gasteiger partial charge is 0.0195 e. The highest BCUT2D eigenvalue weighted by atomic mass is 32.0. The lowest BCUT2D eigenvalue weighted by molar-refractivity contribution is 1.37. The van der Waals surface area contributed by atoms with Crippen molar-refractivity contribution < 1.29 is 0 Å². The molecule has 0 aromatic heterocycles. The van der Waals surface area contributed by atoms with E-state index in [2.05, 4.69) is 64.1 Å². The van der Waals surface area contributed by atoms with Crippen LogP contribution in [-0.2, 0) is 0 Å². The topological polar surface area (TPSA) is 0 Å². The monoisotopic (exact) mass is 274 g/mol. The minimum Gasteiger partial charge on any atom is -0.0631 e. The van der Waals surface area contributed by atoms with Crippen LogP contribution in [0.2, 0.25) is 0 Å². The van der Waals surface area contributed by atoms with Crippen molar-refractivity contribution in [1.82, 2.24) is 0 Å². The van der Waals surface area contributed by atoms with Crippen LogP contribution in [0, 0.1) is 27.7 Å². The Balaban J connectivity index is 2.17. The van der Waals surface area contributed by atoms with Gasteiger partial charge in [0.25, 0.3) is 0 Å². The van der Waals surface area contributed by atoms with Gasteiger partial charge in [0.2, 0.25) is 0 Å². The zero-order valence-electron chi connectivity index (χ0n) is 11.5. The molecule has 0 radical (unpaired) electrons.